The second kappa shape index (κ2) is 3.38. The monoisotopic (exact) mass is 199 g/mol. The van der Waals surface area contributed by atoms with Crippen LogP contribution in [-0.4, -0.2) is 11.1 Å². The highest BCUT2D eigenvalue weighted by molar-refractivity contribution is 5.80. The predicted octanol–water partition coefficient (Wildman–Crippen LogP) is 1.96. The molecule has 1 atom stereocenters. The molecule has 2 nitrogen and oxygen atoms in total. The fraction of sp³-hybridized carbons (Fsp3) is 0.385. The summed E-state index contributed by atoms with van der Waals surface area (Å²) in [6, 6.07) is 12.0. The first-order valence-corrected chi connectivity index (χ1v) is 5.58. The van der Waals surface area contributed by atoms with Crippen molar-refractivity contribution >= 4 is 10.9 Å². The van der Waals surface area contributed by atoms with Gasteiger partial charge in [-0.05, 0) is 31.4 Å². The Labute approximate surface area is 89.7 Å². The summed E-state index contributed by atoms with van der Waals surface area (Å²) in [5.41, 5.74) is 8.39. The van der Waals surface area contributed by atoms with Gasteiger partial charge >= 0.3 is 0 Å². The van der Waals surface area contributed by atoms with Gasteiger partial charge in [0.1, 0.15) is 0 Å². The third kappa shape index (κ3) is 1.37. The molecule has 1 aromatic heterocycles. The van der Waals surface area contributed by atoms with Gasteiger partial charge in [-0.3, -0.25) is 0 Å². The van der Waals surface area contributed by atoms with E-state index < -0.39 is 0 Å². The Balaban J connectivity index is 2.12. The zero-order chi connectivity index (χ0) is 10.3. The third-order valence-corrected chi connectivity index (χ3v) is 3.38. The molecule has 3 rings (SSSR count). The lowest BCUT2D eigenvalue weighted by Gasteiger charge is -2.23. The standard InChI is InChI=1S/C13H15N2/c14-9-10-5-6-15-12(7-10)8-11-3-1-2-4-13(11)15/h1-4,10H,5-7,9,14H2. The Morgan fingerprint density at radius 3 is 3.13 bits per heavy atom. The number of nitrogens with two attached hydrogens (primary N) is 1. The van der Waals surface area contributed by atoms with Crippen molar-refractivity contribution in [3.8, 4) is 0 Å². The van der Waals surface area contributed by atoms with Crippen LogP contribution >= 0.6 is 0 Å². The summed E-state index contributed by atoms with van der Waals surface area (Å²) < 4.78 is 2.39. The van der Waals surface area contributed by atoms with Gasteiger partial charge in [0.05, 0.1) is 0 Å². The molecule has 0 saturated heterocycles. The summed E-state index contributed by atoms with van der Waals surface area (Å²) in [5.74, 6) is 0.651. The van der Waals surface area contributed by atoms with Crippen molar-refractivity contribution in [2.45, 2.75) is 19.4 Å². The number of benzene rings is 1. The first kappa shape index (κ1) is 8.98. The van der Waals surface area contributed by atoms with E-state index in [0.717, 1.165) is 19.5 Å². The van der Waals surface area contributed by atoms with Crippen LogP contribution in [0.5, 0.6) is 0 Å². The van der Waals surface area contributed by atoms with E-state index >= 15 is 0 Å². The van der Waals surface area contributed by atoms with E-state index in [9.17, 15) is 0 Å². The van der Waals surface area contributed by atoms with Crippen LogP contribution in [0.1, 0.15) is 12.1 Å². The molecule has 0 bridgehead atoms. The van der Waals surface area contributed by atoms with Crippen molar-refractivity contribution in [3.05, 3.63) is 36.0 Å². The zero-order valence-corrected chi connectivity index (χ0v) is 8.74. The van der Waals surface area contributed by atoms with E-state index in [1.165, 1.54) is 23.0 Å². The van der Waals surface area contributed by atoms with Crippen molar-refractivity contribution in [2.75, 3.05) is 6.54 Å². The van der Waals surface area contributed by atoms with Crippen molar-refractivity contribution in [1.29, 1.82) is 0 Å². The summed E-state index contributed by atoms with van der Waals surface area (Å²) in [6.45, 7) is 1.90. The Hall–Kier alpha value is -1.28. The zero-order valence-electron chi connectivity index (χ0n) is 8.74. The first-order valence-electron chi connectivity index (χ1n) is 5.58. The maximum atomic E-state index is 5.73. The minimum atomic E-state index is 0.651. The average Bonchev–Trinajstić information content (AvgIpc) is 2.66. The molecular formula is C13H15N2. The molecule has 2 heterocycles. The SMILES string of the molecule is NCC1CCn2c([c]c3ccccc32)C1. The van der Waals surface area contributed by atoms with Crippen LogP contribution in [0.4, 0.5) is 0 Å². The molecule has 2 N–H and O–H groups in total. The minimum Gasteiger partial charge on any atom is -0.344 e. The van der Waals surface area contributed by atoms with Gasteiger partial charge < -0.3 is 10.3 Å². The fourth-order valence-corrected chi connectivity index (χ4v) is 2.49. The molecule has 0 aliphatic carbocycles. The van der Waals surface area contributed by atoms with E-state index in [0.29, 0.717) is 5.92 Å². The summed E-state index contributed by atoms with van der Waals surface area (Å²) >= 11 is 0. The first-order chi connectivity index (χ1) is 7.38. The van der Waals surface area contributed by atoms with E-state index in [2.05, 4.69) is 34.9 Å². The number of aryl methyl sites for hydroxylation is 1. The second-order valence-electron chi connectivity index (χ2n) is 4.34. The molecular weight excluding hydrogens is 184 g/mol. The van der Waals surface area contributed by atoms with Crippen LogP contribution in [0, 0.1) is 12.0 Å². The number of aromatic nitrogens is 1. The van der Waals surface area contributed by atoms with E-state index in [1.54, 1.807) is 0 Å². The summed E-state index contributed by atoms with van der Waals surface area (Å²) in [6.07, 6.45) is 2.29. The third-order valence-electron chi connectivity index (χ3n) is 3.38. The number of para-hydroxylation sites is 1. The quantitative estimate of drug-likeness (QED) is 0.748. The number of nitrogens with zero attached hydrogens (tertiary/aromatic N) is 1. The highest BCUT2D eigenvalue weighted by atomic mass is 15.0. The highest BCUT2D eigenvalue weighted by Gasteiger charge is 2.19. The van der Waals surface area contributed by atoms with Gasteiger partial charge in [0, 0.05) is 29.2 Å². The molecule has 0 saturated carbocycles. The predicted molar refractivity (Wildman–Crippen MR) is 61.6 cm³/mol. The maximum Gasteiger partial charge on any atom is 0.0489 e. The average molecular weight is 199 g/mol. The molecule has 1 radical (unpaired) electrons. The lowest BCUT2D eigenvalue weighted by Crippen LogP contribution is -2.24. The molecule has 77 valence electrons. The van der Waals surface area contributed by atoms with E-state index in [1.807, 2.05) is 0 Å². The molecule has 1 aromatic carbocycles. The maximum absolute atomic E-state index is 5.73. The van der Waals surface area contributed by atoms with Crippen LogP contribution in [-0.2, 0) is 13.0 Å². The van der Waals surface area contributed by atoms with Gasteiger partial charge in [0.25, 0.3) is 0 Å². The number of hydrogen-bond acceptors (Lipinski definition) is 1. The number of fused-ring (bicyclic) bond motifs is 3. The summed E-state index contributed by atoms with van der Waals surface area (Å²) in [4.78, 5) is 0. The number of hydrogen-bond donors (Lipinski definition) is 1. The summed E-state index contributed by atoms with van der Waals surface area (Å²) in [7, 11) is 0. The van der Waals surface area contributed by atoms with Gasteiger partial charge in [-0.2, -0.15) is 0 Å². The van der Waals surface area contributed by atoms with E-state index in [-0.39, 0.29) is 0 Å². The van der Waals surface area contributed by atoms with Crippen molar-refractivity contribution in [1.82, 2.24) is 4.57 Å². The molecule has 2 heteroatoms. The molecule has 0 fully saturated rings. The Morgan fingerprint density at radius 2 is 2.27 bits per heavy atom. The van der Waals surface area contributed by atoms with Gasteiger partial charge in [0.15, 0.2) is 0 Å². The number of rotatable bonds is 1. The highest BCUT2D eigenvalue weighted by Crippen LogP contribution is 2.26. The normalized spacial score (nSPS) is 20.5. The largest absolute Gasteiger partial charge is 0.344 e. The lowest BCUT2D eigenvalue weighted by molar-refractivity contribution is 0.402. The molecule has 0 spiro atoms. The Morgan fingerprint density at radius 1 is 1.40 bits per heavy atom. The van der Waals surface area contributed by atoms with Crippen molar-refractivity contribution < 1.29 is 0 Å². The van der Waals surface area contributed by atoms with E-state index in [4.69, 9.17) is 5.73 Å². The Bertz CT molecular complexity index is 484. The Kier molecular flexibility index (Phi) is 2.03. The molecule has 15 heavy (non-hydrogen) atoms. The van der Waals surface area contributed by atoms with Gasteiger partial charge in [0.2, 0.25) is 0 Å². The molecule has 1 unspecified atom stereocenters. The van der Waals surface area contributed by atoms with Gasteiger partial charge in [-0.15, -0.1) is 0 Å². The summed E-state index contributed by atoms with van der Waals surface area (Å²) in [5, 5.41) is 1.24. The minimum absolute atomic E-state index is 0.651. The molecule has 0 amide bonds. The van der Waals surface area contributed by atoms with Crippen LogP contribution in [0.25, 0.3) is 10.9 Å². The van der Waals surface area contributed by atoms with Gasteiger partial charge in [-0.25, -0.2) is 0 Å². The van der Waals surface area contributed by atoms with Crippen LogP contribution in [0.3, 0.4) is 0 Å². The molecule has 1 aliphatic heterocycles. The van der Waals surface area contributed by atoms with Crippen LogP contribution < -0.4 is 5.73 Å². The molecule has 2 aromatic rings. The van der Waals surface area contributed by atoms with Crippen LogP contribution in [0.15, 0.2) is 24.3 Å². The smallest absolute Gasteiger partial charge is 0.0489 e. The fourth-order valence-electron chi connectivity index (χ4n) is 2.49. The van der Waals surface area contributed by atoms with Gasteiger partial charge in [-0.1, -0.05) is 18.2 Å². The lowest BCUT2D eigenvalue weighted by atomic mass is 9.96. The molecule has 1 aliphatic rings. The topological polar surface area (TPSA) is 30.9 Å². The van der Waals surface area contributed by atoms with Crippen molar-refractivity contribution in [3.63, 3.8) is 0 Å². The van der Waals surface area contributed by atoms with Crippen molar-refractivity contribution in [2.24, 2.45) is 11.7 Å². The second-order valence-corrected chi connectivity index (χ2v) is 4.34. The van der Waals surface area contributed by atoms with Crippen LogP contribution in [0.2, 0.25) is 0 Å².